The molecule has 0 radical (unpaired) electrons. The third-order valence-corrected chi connectivity index (χ3v) is 5.24. The molecule has 5 nitrogen and oxygen atoms in total. The molecule has 0 saturated carbocycles. The van der Waals surface area contributed by atoms with E-state index >= 15 is 0 Å². The van der Waals surface area contributed by atoms with Crippen molar-refractivity contribution in [1.29, 1.82) is 0 Å². The van der Waals surface area contributed by atoms with Gasteiger partial charge in [0, 0.05) is 0 Å². The highest BCUT2D eigenvalue weighted by Gasteiger charge is 2.18. The van der Waals surface area contributed by atoms with E-state index in [1.807, 2.05) is 35.1 Å². The van der Waals surface area contributed by atoms with Gasteiger partial charge in [-0.15, -0.1) is 9.24 Å². The second-order valence-electron chi connectivity index (χ2n) is 5.40. The highest BCUT2D eigenvalue weighted by atomic mass is 32.2. The molecule has 0 aromatic heterocycles. The van der Waals surface area contributed by atoms with Crippen LogP contribution in [0.3, 0.4) is 0 Å². The SMILES string of the molecule is O=C(COc1ccc2ccccc2c1)NS(=O)(=O)c1cccc(P)c1. The molecule has 3 aromatic rings. The summed E-state index contributed by atoms with van der Waals surface area (Å²) in [6, 6.07) is 19.4. The maximum atomic E-state index is 12.2. The van der Waals surface area contributed by atoms with Gasteiger partial charge in [-0.05, 0) is 40.3 Å². The zero-order valence-electron chi connectivity index (χ0n) is 13.2. The van der Waals surface area contributed by atoms with Gasteiger partial charge in [0.1, 0.15) is 5.75 Å². The normalized spacial score (nSPS) is 11.2. The fourth-order valence-electron chi connectivity index (χ4n) is 2.33. The minimum atomic E-state index is -3.91. The Balaban J connectivity index is 1.65. The summed E-state index contributed by atoms with van der Waals surface area (Å²) >= 11 is 0. The van der Waals surface area contributed by atoms with Crippen LogP contribution < -0.4 is 14.8 Å². The lowest BCUT2D eigenvalue weighted by Gasteiger charge is -2.09. The number of amides is 1. The van der Waals surface area contributed by atoms with E-state index in [1.165, 1.54) is 12.1 Å². The average Bonchev–Trinajstić information content (AvgIpc) is 2.59. The number of carbonyl (C=O) groups is 1. The summed E-state index contributed by atoms with van der Waals surface area (Å²) in [5, 5.41) is 2.74. The van der Waals surface area contributed by atoms with Gasteiger partial charge in [-0.3, -0.25) is 4.79 Å². The Morgan fingerprint density at radius 2 is 1.72 bits per heavy atom. The molecule has 1 N–H and O–H groups in total. The molecule has 0 spiro atoms. The molecule has 1 amide bonds. The molecule has 0 fully saturated rings. The van der Waals surface area contributed by atoms with E-state index in [2.05, 4.69) is 9.24 Å². The zero-order chi connectivity index (χ0) is 17.9. The van der Waals surface area contributed by atoms with Gasteiger partial charge >= 0.3 is 0 Å². The van der Waals surface area contributed by atoms with E-state index in [-0.39, 0.29) is 4.90 Å². The second kappa shape index (κ2) is 7.21. The second-order valence-corrected chi connectivity index (χ2v) is 7.75. The number of ether oxygens (including phenoxy) is 1. The highest BCUT2D eigenvalue weighted by molar-refractivity contribution is 7.90. The zero-order valence-corrected chi connectivity index (χ0v) is 15.1. The average molecular weight is 373 g/mol. The molecule has 3 rings (SSSR count). The molecule has 0 aliphatic rings. The van der Waals surface area contributed by atoms with Crippen LogP contribution in [0.4, 0.5) is 0 Å². The van der Waals surface area contributed by atoms with Crippen molar-refractivity contribution < 1.29 is 17.9 Å². The topological polar surface area (TPSA) is 72.5 Å². The van der Waals surface area contributed by atoms with Crippen LogP contribution in [0.2, 0.25) is 0 Å². The van der Waals surface area contributed by atoms with Crippen LogP contribution in [0.5, 0.6) is 5.75 Å². The molecule has 0 heterocycles. The van der Waals surface area contributed by atoms with Crippen LogP contribution in [0, 0.1) is 0 Å². The Kier molecular flexibility index (Phi) is 5.02. The number of hydrogen-bond acceptors (Lipinski definition) is 4. The third kappa shape index (κ3) is 4.35. The first-order valence-corrected chi connectivity index (χ1v) is 9.53. The smallest absolute Gasteiger partial charge is 0.271 e. The molecular formula is C18H16NO4PS. The van der Waals surface area contributed by atoms with Gasteiger partial charge in [-0.2, -0.15) is 0 Å². The van der Waals surface area contributed by atoms with Gasteiger partial charge in [0.2, 0.25) is 0 Å². The van der Waals surface area contributed by atoms with Crippen molar-refractivity contribution >= 4 is 41.2 Å². The first-order chi connectivity index (χ1) is 11.9. The fourth-order valence-corrected chi connectivity index (χ4v) is 3.76. The summed E-state index contributed by atoms with van der Waals surface area (Å²) in [6.07, 6.45) is 0. The van der Waals surface area contributed by atoms with Crippen LogP contribution in [0.1, 0.15) is 0 Å². The van der Waals surface area contributed by atoms with Crippen LogP contribution in [0.15, 0.2) is 71.6 Å². The van der Waals surface area contributed by atoms with Gasteiger partial charge in [0.05, 0.1) is 4.90 Å². The Morgan fingerprint density at radius 1 is 0.960 bits per heavy atom. The van der Waals surface area contributed by atoms with Crippen molar-refractivity contribution in [2.24, 2.45) is 0 Å². The van der Waals surface area contributed by atoms with E-state index in [4.69, 9.17) is 4.74 Å². The maximum Gasteiger partial charge on any atom is 0.271 e. The molecule has 7 heteroatoms. The first kappa shape index (κ1) is 17.4. The maximum absolute atomic E-state index is 12.2. The van der Waals surface area contributed by atoms with E-state index in [9.17, 15) is 13.2 Å². The summed E-state index contributed by atoms with van der Waals surface area (Å²) in [5.74, 6) is -0.236. The number of carbonyl (C=O) groups excluding carboxylic acids is 1. The molecule has 128 valence electrons. The summed E-state index contributed by atoms with van der Waals surface area (Å²) < 4.78 is 31.8. The number of sulfonamides is 1. The van der Waals surface area contributed by atoms with Crippen molar-refractivity contribution in [2.75, 3.05) is 6.61 Å². The molecule has 0 aliphatic heterocycles. The Hall–Kier alpha value is -2.43. The van der Waals surface area contributed by atoms with Crippen LogP contribution in [-0.4, -0.2) is 20.9 Å². The summed E-state index contributed by atoms with van der Waals surface area (Å²) in [5.41, 5.74) is 0. The molecule has 0 bridgehead atoms. The summed E-state index contributed by atoms with van der Waals surface area (Å²) in [6.45, 7) is -0.391. The van der Waals surface area contributed by atoms with Crippen LogP contribution in [0.25, 0.3) is 10.8 Å². The first-order valence-electron chi connectivity index (χ1n) is 7.47. The standard InChI is InChI=1S/C18H16NO4PS/c20-18(19-25(21,22)17-7-3-6-16(24)11-17)12-23-15-9-8-13-4-1-2-5-14(13)10-15/h1-11H,12,24H2,(H,19,20). The van der Waals surface area contributed by atoms with E-state index < -0.39 is 22.5 Å². The predicted octanol–water partition coefficient (Wildman–Crippen LogP) is 2.22. The molecule has 0 saturated heterocycles. The Labute approximate surface area is 148 Å². The lowest BCUT2D eigenvalue weighted by Crippen LogP contribution is -2.34. The van der Waals surface area contributed by atoms with Crippen molar-refractivity contribution in [3.05, 3.63) is 66.7 Å². The van der Waals surface area contributed by atoms with Crippen molar-refractivity contribution in [3.63, 3.8) is 0 Å². The molecule has 1 unspecified atom stereocenters. The predicted molar refractivity (Wildman–Crippen MR) is 101 cm³/mol. The summed E-state index contributed by atoms with van der Waals surface area (Å²) in [4.78, 5) is 12.0. The van der Waals surface area contributed by atoms with Crippen molar-refractivity contribution in [2.45, 2.75) is 4.90 Å². The summed E-state index contributed by atoms with van der Waals surface area (Å²) in [7, 11) is -1.50. The van der Waals surface area contributed by atoms with E-state index in [1.54, 1.807) is 24.3 Å². The molecule has 0 aliphatic carbocycles. The minimum Gasteiger partial charge on any atom is -0.484 e. The van der Waals surface area contributed by atoms with Crippen molar-refractivity contribution in [3.8, 4) is 5.75 Å². The quantitative estimate of drug-likeness (QED) is 0.696. The molecule has 3 aromatic carbocycles. The molecule has 1 atom stereocenters. The number of fused-ring (bicyclic) bond motifs is 1. The number of nitrogens with one attached hydrogen (secondary N) is 1. The van der Waals surface area contributed by atoms with Crippen LogP contribution in [-0.2, 0) is 14.8 Å². The number of hydrogen-bond donors (Lipinski definition) is 1. The Bertz CT molecular complexity index is 1030. The lowest BCUT2D eigenvalue weighted by atomic mass is 10.1. The van der Waals surface area contributed by atoms with Gasteiger partial charge in [0.15, 0.2) is 6.61 Å². The Morgan fingerprint density at radius 3 is 2.48 bits per heavy atom. The van der Waals surface area contributed by atoms with Crippen LogP contribution >= 0.6 is 9.24 Å². The number of benzene rings is 3. The van der Waals surface area contributed by atoms with Gasteiger partial charge in [0.25, 0.3) is 15.9 Å². The number of rotatable bonds is 5. The van der Waals surface area contributed by atoms with E-state index in [0.29, 0.717) is 11.1 Å². The molecule has 25 heavy (non-hydrogen) atoms. The van der Waals surface area contributed by atoms with Gasteiger partial charge < -0.3 is 4.74 Å². The molecular weight excluding hydrogens is 357 g/mol. The minimum absolute atomic E-state index is 0.0269. The lowest BCUT2D eigenvalue weighted by molar-refractivity contribution is -0.121. The monoisotopic (exact) mass is 373 g/mol. The van der Waals surface area contributed by atoms with Gasteiger partial charge in [-0.1, -0.05) is 42.5 Å². The van der Waals surface area contributed by atoms with E-state index in [0.717, 1.165) is 10.8 Å². The third-order valence-electron chi connectivity index (χ3n) is 3.51. The highest BCUT2D eigenvalue weighted by Crippen LogP contribution is 2.20. The fraction of sp³-hybridized carbons (Fsp3) is 0.0556. The van der Waals surface area contributed by atoms with Gasteiger partial charge in [-0.25, -0.2) is 13.1 Å². The van der Waals surface area contributed by atoms with Crippen molar-refractivity contribution in [1.82, 2.24) is 4.72 Å². The largest absolute Gasteiger partial charge is 0.484 e.